The monoisotopic (exact) mass is 207 g/mol. The molecule has 0 fully saturated rings. The minimum atomic E-state index is -0.409. The SMILES string of the molecule is CC(C)CCNc1ccccc1C(C)O. The highest BCUT2D eigenvalue weighted by Gasteiger charge is 2.06. The van der Waals surface area contributed by atoms with Gasteiger partial charge in [-0.3, -0.25) is 0 Å². The van der Waals surface area contributed by atoms with E-state index < -0.39 is 6.10 Å². The van der Waals surface area contributed by atoms with E-state index in [1.165, 1.54) is 0 Å². The molecule has 0 spiro atoms. The van der Waals surface area contributed by atoms with Crippen molar-refractivity contribution in [1.29, 1.82) is 0 Å². The highest BCUT2D eigenvalue weighted by atomic mass is 16.3. The fraction of sp³-hybridized carbons (Fsp3) is 0.538. The van der Waals surface area contributed by atoms with Gasteiger partial charge in [-0.2, -0.15) is 0 Å². The summed E-state index contributed by atoms with van der Waals surface area (Å²) >= 11 is 0. The van der Waals surface area contributed by atoms with Gasteiger partial charge in [-0.25, -0.2) is 0 Å². The minimum Gasteiger partial charge on any atom is -0.389 e. The lowest BCUT2D eigenvalue weighted by molar-refractivity contribution is 0.200. The summed E-state index contributed by atoms with van der Waals surface area (Å²) in [6.45, 7) is 7.18. The first-order chi connectivity index (χ1) is 7.11. The molecular weight excluding hydrogens is 186 g/mol. The molecule has 2 nitrogen and oxygen atoms in total. The van der Waals surface area contributed by atoms with E-state index in [1.807, 2.05) is 24.3 Å². The molecule has 1 rings (SSSR count). The molecule has 0 aliphatic rings. The zero-order valence-electron chi connectivity index (χ0n) is 9.83. The molecule has 84 valence electrons. The Kier molecular flexibility index (Phi) is 4.63. The van der Waals surface area contributed by atoms with E-state index in [-0.39, 0.29) is 0 Å². The summed E-state index contributed by atoms with van der Waals surface area (Å²) in [7, 11) is 0. The standard InChI is InChI=1S/C13H21NO/c1-10(2)8-9-14-13-7-5-4-6-12(13)11(3)15/h4-7,10-11,14-15H,8-9H2,1-3H3. The van der Waals surface area contributed by atoms with Crippen LogP contribution in [0, 0.1) is 5.92 Å². The summed E-state index contributed by atoms with van der Waals surface area (Å²) in [5.41, 5.74) is 2.02. The van der Waals surface area contributed by atoms with Gasteiger partial charge in [0.15, 0.2) is 0 Å². The Hall–Kier alpha value is -1.02. The van der Waals surface area contributed by atoms with Crippen LogP contribution >= 0.6 is 0 Å². The Morgan fingerprint density at radius 3 is 2.47 bits per heavy atom. The van der Waals surface area contributed by atoms with Crippen molar-refractivity contribution >= 4 is 5.69 Å². The molecule has 0 heterocycles. The zero-order chi connectivity index (χ0) is 11.3. The number of hydrogen-bond donors (Lipinski definition) is 2. The van der Waals surface area contributed by atoms with Gasteiger partial charge in [0.05, 0.1) is 6.10 Å². The molecule has 2 N–H and O–H groups in total. The second-order valence-corrected chi connectivity index (χ2v) is 4.37. The number of anilines is 1. The van der Waals surface area contributed by atoms with E-state index in [2.05, 4.69) is 19.2 Å². The van der Waals surface area contributed by atoms with Crippen molar-refractivity contribution in [1.82, 2.24) is 0 Å². The van der Waals surface area contributed by atoms with Crippen LogP contribution in [0.4, 0.5) is 5.69 Å². The second kappa shape index (κ2) is 5.76. The van der Waals surface area contributed by atoms with Gasteiger partial charge in [-0.05, 0) is 25.3 Å². The quantitative estimate of drug-likeness (QED) is 0.777. The maximum atomic E-state index is 9.57. The average molecular weight is 207 g/mol. The number of nitrogens with one attached hydrogen (secondary N) is 1. The van der Waals surface area contributed by atoms with E-state index in [4.69, 9.17) is 0 Å². The molecule has 15 heavy (non-hydrogen) atoms. The lowest BCUT2D eigenvalue weighted by atomic mass is 10.1. The third-order valence-electron chi connectivity index (χ3n) is 2.45. The van der Waals surface area contributed by atoms with Crippen LogP contribution < -0.4 is 5.32 Å². The van der Waals surface area contributed by atoms with E-state index >= 15 is 0 Å². The zero-order valence-corrected chi connectivity index (χ0v) is 9.83. The Labute approximate surface area is 92.3 Å². The molecule has 2 heteroatoms. The van der Waals surface area contributed by atoms with Crippen LogP contribution in [0.15, 0.2) is 24.3 Å². The van der Waals surface area contributed by atoms with E-state index in [1.54, 1.807) is 6.92 Å². The van der Waals surface area contributed by atoms with Crippen LogP contribution in [0.1, 0.15) is 38.9 Å². The molecule has 0 bridgehead atoms. The lowest BCUT2D eigenvalue weighted by Gasteiger charge is -2.14. The van der Waals surface area contributed by atoms with Gasteiger partial charge in [0.2, 0.25) is 0 Å². The minimum absolute atomic E-state index is 0.409. The fourth-order valence-electron chi connectivity index (χ4n) is 1.52. The molecule has 0 radical (unpaired) electrons. The average Bonchev–Trinajstić information content (AvgIpc) is 2.17. The van der Waals surface area contributed by atoms with Crippen LogP contribution in [0.3, 0.4) is 0 Å². The number of benzene rings is 1. The van der Waals surface area contributed by atoms with Crippen molar-refractivity contribution in [2.24, 2.45) is 5.92 Å². The van der Waals surface area contributed by atoms with Gasteiger partial charge in [0, 0.05) is 17.8 Å². The predicted octanol–water partition coefficient (Wildman–Crippen LogP) is 3.20. The molecule has 1 aromatic carbocycles. The van der Waals surface area contributed by atoms with E-state index in [0.717, 1.165) is 24.2 Å². The first kappa shape index (κ1) is 12.1. The Morgan fingerprint density at radius 1 is 1.20 bits per heavy atom. The predicted molar refractivity (Wildman–Crippen MR) is 65.0 cm³/mol. The Morgan fingerprint density at radius 2 is 1.87 bits per heavy atom. The van der Waals surface area contributed by atoms with Gasteiger partial charge in [0.1, 0.15) is 0 Å². The molecule has 0 aliphatic carbocycles. The van der Waals surface area contributed by atoms with Crippen LogP contribution in [0.5, 0.6) is 0 Å². The Bertz CT molecular complexity index is 294. The molecule has 1 aromatic rings. The smallest absolute Gasteiger partial charge is 0.0781 e. The summed E-state index contributed by atoms with van der Waals surface area (Å²) in [4.78, 5) is 0. The summed E-state index contributed by atoms with van der Waals surface area (Å²) < 4.78 is 0. The van der Waals surface area contributed by atoms with Crippen molar-refractivity contribution < 1.29 is 5.11 Å². The second-order valence-electron chi connectivity index (χ2n) is 4.37. The number of aliphatic hydroxyl groups is 1. The third-order valence-corrected chi connectivity index (χ3v) is 2.45. The number of para-hydroxylation sites is 1. The molecule has 0 saturated carbocycles. The fourth-order valence-corrected chi connectivity index (χ4v) is 1.52. The topological polar surface area (TPSA) is 32.3 Å². The molecule has 1 atom stereocenters. The number of rotatable bonds is 5. The van der Waals surface area contributed by atoms with Gasteiger partial charge in [0.25, 0.3) is 0 Å². The van der Waals surface area contributed by atoms with Gasteiger partial charge < -0.3 is 10.4 Å². The summed E-state index contributed by atoms with van der Waals surface area (Å²) in [5.74, 6) is 0.705. The maximum Gasteiger partial charge on any atom is 0.0781 e. The third kappa shape index (κ3) is 3.92. The van der Waals surface area contributed by atoms with Crippen molar-refractivity contribution in [3.8, 4) is 0 Å². The normalized spacial score (nSPS) is 12.9. The van der Waals surface area contributed by atoms with Crippen molar-refractivity contribution in [3.05, 3.63) is 29.8 Å². The largest absolute Gasteiger partial charge is 0.389 e. The van der Waals surface area contributed by atoms with Crippen LogP contribution in [-0.2, 0) is 0 Å². The molecule has 0 saturated heterocycles. The molecule has 1 unspecified atom stereocenters. The van der Waals surface area contributed by atoms with Crippen LogP contribution in [-0.4, -0.2) is 11.7 Å². The summed E-state index contributed by atoms with van der Waals surface area (Å²) in [6.07, 6.45) is 0.737. The van der Waals surface area contributed by atoms with Gasteiger partial charge >= 0.3 is 0 Å². The first-order valence-electron chi connectivity index (χ1n) is 5.62. The maximum absolute atomic E-state index is 9.57. The highest BCUT2D eigenvalue weighted by Crippen LogP contribution is 2.22. The van der Waals surface area contributed by atoms with E-state index in [9.17, 15) is 5.11 Å². The molecule has 0 amide bonds. The number of aliphatic hydroxyl groups excluding tert-OH is 1. The van der Waals surface area contributed by atoms with Crippen molar-refractivity contribution in [3.63, 3.8) is 0 Å². The van der Waals surface area contributed by atoms with Crippen LogP contribution in [0.25, 0.3) is 0 Å². The van der Waals surface area contributed by atoms with Crippen molar-refractivity contribution in [2.75, 3.05) is 11.9 Å². The van der Waals surface area contributed by atoms with E-state index in [0.29, 0.717) is 5.92 Å². The Balaban J connectivity index is 2.59. The summed E-state index contributed by atoms with van der Waals surface area (Å²) in [6, 6.07) is 7.92. The first-order valence-corrected chi connectivity index (χ1v) is 5.62. The molecule has 0 aliphatic heterocycles. The van der Waals surface area contributed by atoms with Gasteiger partial charge in [-0.15, -0.1) is 0 Å². The van der Waals surface area contributed by atoms with Crippen molar-refractivity contribution in [2.45, 2.75) is 33.3 Å². The van der Waals surface area contributed by atoms with Crippen LogP contribution in [0.2, 0.25) is 0 Å². The summed E-state index contributed by atoms with van der Waals surface area (Å²) in [5, 5.41) is 12.9. The molecular formula is C13H21NO. The molecule has 0 aromatic heterocycles. The lowest BCUT2D eigenvalue weighted by Crippen LogP contribution is -2.07. The highest BCUT2D eigenvalue weighted by molar-refractivity contribution is 5.51. The van der Waals surface area contributed by atoms with Gasteiger partial charge in [-0.1, -0.05) is 32.0 Å². The number of hydrogen-bond acceptors (Lipinski definition) is 2.